The predicted octanol–water partition coefficient (Wildman–Crippen LogP) is 1.82. The molecule has 0 atom stereocenters. The molecule has 90 valence electrons. The molecule has 0 aliphatic rings. The van der Waals surface area contributed by atoms with Crippen molar-refractivity contribution in [1.29, 1.82) is 0 Å². The summed E-state index contributed by atoms with van der Waals surface area (Å²) in [5.74, 6) is 0.920. The van der Waals surface area contributed by atoms with Crippen molar-refractivity contribution in [3.63, 3.8) is 0 Å². The van der Waals surface area contributed by atoms with Gasteiger partial charge in [-0.25, -0.2) is 0 Å². The number of nitrogens with zero attached hydrogens (tertiary/aromatic N) is 3. The lowest BCUT2D eigenvalue weighted by Crippen LogP contribution is -2.27. The van der Waals surface area contributed by atoms with Gasteiger partial charge in [-0.3, -0.25) is 0 Å². The maximum atomic E-state index is 4.21. The van der Waals surface area contributed by atoms with Crippen molar-refractivity contribution < 1.29 is 0 Å². The maximum Gasteiger partial charge on any atom is 0.151 e. The number of nitrogens with one attached hydrogen (secondary N) is 1. The van der Waals surface area contributed by atoms with Gasteiger partial charge in [0, 0.05) is 25.7 Å². The number of rotatable bonds is 5. The van der Waals surface area contributed by atoms with Crippen LogP contribution in [0.3, 0.4) is 0 Å². The number of anilines is 1. The SMILES string of the molecule is CC(C)NCc1ccc(N(C)C(C)C)nn1. The minimum atomic E-state index is 0.439. The van der Waals surface area contributed by atoms with Crippen LogP contribution in [0.2, 0.25) is 0 Å². The Morgan fingerprint density at radius 1 is 1.19 bits per heavy atom. The zero-order valence-corrected chi connectivity index (χ0v) is 10.9. The Bertz CT molecular complexity index is 305. The smallest absolute Gasteiger partial charge is 0.151 e. The van der Waals surface area contributed by atoms with Crippen LogP contribution in [0.4, 0.5) is 5.82 Å². The van der Waals surface area contributed by atoms with Crippen molar-refractivity contribution in [2.24, 2.45) is 0 Å². The van der Waals surface area contributed by atoms with E-state index in [1.807, 2.05) is 19.2 Å². The molecule has 1 rings (SSSR count). The van der Waals surface area contributed by atoms with Crippen molar-refractivity contribution in [2.45, 2.75) is 46.3 Å². The van der Waals surface area contributed by atoms with Gasteiger partial charge in [0.05, 0.1) is 5.69 Å². The van der Waals surface area contributed by atoms with E-state index in [-0.39, 0.29) is 0 Å². The van der Waals surface area contributed by atoms with Gasteiger partial charge in [-0.05, 0) is 26.0 Å². The summed E-state index contributed by atoms with van der Waals surface area (Å²) in [6.07, 6.45) is 0. The first-order valence-corrected chi connectivity index (χ1v) is 5.79. The fourth-order valence-electron chi connectivity index (χ4n) is 1.21. The van der Waals surface area contributed by atoms with Crippen molar-refractivity contribution in [1.82, 2.24) is 15.5 Å². The summed E-state index contributed by atoms with van der Waals surface area (Å²) in [5.41, 5.74) is 0.981. The topological polar surface area (TPSA) is 41.0 Å². The lowest BCUT2D eigenvalue weighted by Gasteiger charge is -2.21. The molecular weight excluding hydrogens is 200 g/mol. The third kappa shape index (κ3) is 3.77. The van der Waals surface area contributed by atoms with Gasteiger partial charge < -0.3 is 10.2 Å². The van der Waals surface area contributed by atoms with E-state index in [9.17, 15) is 0 Å². The number of aromatic nitrogens is 2. The fourth-order valence-corrected chi connectivity index (χ4v) is 1.21. The molecule has 0 saturated carbocycles. The average molecular weight is 222 g/mol. The molecule has 0 amide bonds. The van der Waals surface area contributed by atoms with Crippen LogP contribution in [-0.4, -0.2) is 29.3 Å². The highest BCUT2D eigenvalue weighted by Crippen LogP contribution is 2.10. The summed E-state index contributed by atoms with van der Waals surface area (Å²) in [6.45, 7) is 9.28. The molecule has 0 unspecified atom stereocenters. The summed E-state index contributed by atoms with van der Waals surface area (Å²) in [4.78, 5) is 2.10. The van der Waals surface area contributed by atoms with Crippen molar-refractivity contribution >= 4 is 5.82 Å². The van der Waals surface area contributed by atoms with Crippen LogP contribution < -0.4 is 10.2 Å². The van der Waals surface area contributed by atoms with E-state index in [0.29, 0.717) is 12.1 Å². The van der Waals surface area contributed by atoms with Gasteiger partial charge in [0.2, 0.25) is 0 Å². The molecule has 0 saturated heterocycles. The van der Waals surface area contributed by atoms with E-state index in [0.717, 1.165) is 18.1 Å². The third-order valence-corrected chi connectivity index (χ3v) is 2.53. The van der Waals surface area contributed by atoms with E-state index in [2.05, 4.69) is 48.1 Å². The first kappa shape index (κ1) is 12.9. The Morgan fingerprint density at radius 3 is 2.31 bits per heavy atom. The largest absolute Gasteiger partial charge is 0.356 e. The summed E-state index contributed by atoms with van der Waals surface area (Å²) in [7, 11) is 2.03. The molecule has 1 aromatic heterocycles. The fraction of sp³-hybridized carbons (Fsp3) is 0.667. The van der Waals surface area contributed by atoms with Gasteiger partial charge >= 0.3 is 0 Å². The second-order valence-electron chi connectivity index (χ2n) is 4.62. The van der Waals surface area contributed by atoms with E-state index in [1.54, 1.807) is 0 Å². The van der Waals surface area contributed by atoms with E-state index >= 15 is 0 Å². The van der Waals surface area contributed by atoms with Crippen LogP contribution in [0.25, 0.3) is 0 Å². The Balaban J connectivity index is 2.61. The molecule has 4 nitrogen and oxygen atoms in total. The van der Waals surface area contributed by atoms with Crippen LogP contribution in [0.15, 0.2) is 12.1 Å². The van der Waals surface area contributed by atoms with Gasteiger partial charge in [-0.15, -0.1) is 5.10 Å². The highest BCUT2D eigenvalue weighted by molar-refractivity contribution is 5.36. The van der Waals surface area contributed by atoms with E-state index in [4.69, 9.17) is 0 Å². The second-order valence-corrected chi connectivity index (χ2v) is 4.62. The molecule has 0 spiro atoms. The van der Waals surface area contributed by atoms with Crippen LogP contribution in [0, 0.1) is 0 Å². The van der Waals surface area contributed by atoms with Crippen molar-refractivity contribution in [3.8, 4) is 0 Å². The molecular formula is C12H22N4. The number of hydrogen-bond acceptors (Lipinski definition) is 4. The lowest BCUT2D eigenvalue weighted by atomic mass is 10.3. The second kappa shape index (κ2) is 5.80. The highest BCUT2D eigenvalue weighted by Gasteiger charge is 2.06. The number of hydrogen-bond donors (Lipinski definition) is 1. The zero-order valence-electron chi connectivity index (χ0n) is 10.9. The van der Waals surface area contributed by atoms with Crippen molar-refractivity contribution in [2.75, 3.05) is 11.9 Å². The van der Waals surface area contributed by atoms with Gasteiger partial charge in [-0.1, -0.05) is 13.8 Å². The minimum Gasteiger partial charge on any atom is -0.356 e. The Hall–Kier alpha value is -1.16. The van der Waals surface area contributed by atoms with E-state index in [1.165, 1.54) is 0 Å². The molecule has 4 heteroatoms. The Morgan fingerprint density at radius 2 is 1.88 bits per heavy atom. The molecule has 0 radical (unpaired) electrons. The summed E-state index contributed by atoms with van der Waals surface area (Å²) >= 11 is 0. The standard InChI is InChI=1S/C12H22N4/c1-9(2)13-8-11-6-7-12(15-14-11)16(5)10(3)4/h6-7,9-10,13H,8H2,1-5H3. The molecule has 0 aliphatic carbocycles. The molecule has 0 bridgehead atoms. The molecule has 1 N–H and O–H groups in total. The molecule has 1 aromatic rings. The van der Waals surface area contributed by atoms with Gasteiger partial charge in [0.15, 0.2) is 5.82 Å². The monoisotopic (exact) mass is 222 g/mol. The summed E-state index contributed by atoms with van der Waals surface area (Å²) < 4.78 is 0. The first-order chi connectivity index (χ1) is 7.50. The molecule has 0 aliphatic heterocycles. The summed E-state index contributed by atoms with van der Waals surface area (Å²) in [6, 6.07) is 4.95. The van der Waals surface area contributed by atoms with Crippen molar-refractivity contribution in [3.05, 3.63) is 17.8 Å². The molecule has 1 heterocycles. The maximum absolute atomic E-state index is 4.21. The average Bonchev–Trinajstić information content (AvgIpc) is 2.26. The van der Waals surface area contributed by atoms with Crippen LogP contribution >= 0.6 is 0 Å². The van der Waals surface area contributed by atoms with Gasteiger partial charge in [0.1, 0.15) is 0 Å². The third-order valence-electron chi connectivity index (χ3n) is 2.53. The van der Waals surface area contributed by atoms with Crippen LogP contribution in [0.5, 0.6) is 0 Å². The molecule has 0 fully saturated rings. The molecule has 16 heavy (non-hydrogen) atoms. The first-order valence-electron chi connectivity index (χ1n) is 5.79. The normalized spacial score (nSPS) is 11.2. The van der Waals surface area contributed by atoms with Crippen LogP contribution in [-0.2, 0) is 6.54 Å². The Labute approximate surface area is 98.1 Å². The quantitative estimate of drug-likeness (QED) is 0.825. The van der Waals surface area contributed by atoms with Gasteiger partial charge in [0.25, 0.3) is 0 Å². The summed E-state index contributed by atoms with van der Waals surface area (Å²) in [5, 5.41) is 11.7. The van der Waals surface area contributed by atoms with Crippen LogP contribution in [0.1, 0.15) is 33.4 Å². The lowest BCUT2D eigenvalue weighted by molar-refractivity contribution is 0.577. The minimum absolute atomic E-state index is 0.439. The highest BCUT2D eigenvalue weighted by atomic mass is 15.3. The molecule has 0 aromatic carbocycles. The van der Waals surface area contributed by atoms with E-state index < -0.39 is 0 Å². The van der Waals surface area contributed by atoms with Gasteiger partial charge in [-0.2, -0.15) is 5.10 Å². The predicted molar refractivity (Wildman–Crippen MR) is 67.5 cm³/mol. The Kier molecular flexibility index (Phi) is 4.68. The zero-order chi connectivity index (χ0) is 12.1.